The number of hydrogen-bond donors (Lipinski definition) is 0. The second-order valence-electron chi connectivity index (χ2n) is 18.4. The van der Waals surface area contributed by atoms with E-state index in [1.165, 1.54) is 256 Å². The molecule has 1 rings (SSSR count). The molecule has 0 fully saturated rings. The number of hydrogen-bond acceptors (Lipinski definition) is 3. The van der Waals surface area contributed by atoms with Crippen LogP contribution >= 0.6 is 0 Å². The first-order chi connectivity index (χ1) is 28.7. The zero-order chi connectivity index (χ0) is 41.7. The molecule has 0 saturated carbocycles. The highest BCUT2D eigenvalue weighted by Crippen LogP contribution is 2.39. The van der Waals surface area contributed by atoms with Crippen LogP contribution in [0, 0.1) is 6.92 Å². The number of ether oxygens (including phenoxy) is 3. The van der Waals surface area contributed by atoms with Gasteiger partial charge in [-0.25, -0.2) is 0 Å². The molecular weight excluding hydrogens is 709 g/mol. The summed E-state index contributed by atoms with van der Waals surface area (Å²) in [6.07, 6.45) is 57.7. The van der Waals surface area contributed by atoms with E-state index in [2.05, 4.69) is 39.8 Å². The smallest absolute Gasteiger partial charge is 0.203 e. The van der Waals surface area contributed by atoms with Gasteiger partial charge in [0.2, 0.25) is 5.75 Å². The van der Waals surface area contributed by atoms with E-state index in [0.717, 1.165) is 56.3 Å². The van der Waals surface area contributed by atoms with E-state index in [0.29, 0.717) is 0 Å². The molecule has 0 radical (unpaired) electrons. The monoisotopic (exact) mass is 813 g/mol. The Morgan fingerprint density at radius 2 is 0.448 bits per heavy atom. The Morgan fingerprint density at radius 1 is 0.259 bits per heavy atom. The van der Waals surface area contributed by atoms with Gasteiger partial charge in [0.25, 0.3) is 0 Å². The Bertz CT molecular complexity index is 888. The summed E-state index contributed by atoms with van der Waals surface area (Å²) < 4.78 is 19.5. The third kappa shape index (κ3) is 36.5. The summed E-state index contributed by atoms with van der Waals surface area (Å²) in [7, 11) is 0. The molecule has 0 aliphatic heterocycles. The molecule has 3 nitrogen and oxygen atoms in total. The average molecular weight is 813 g/mol. The zero-order valence-electron chi connectivity index (χ0n) is 40.2. The molecule has 0 aliphatic rings. The van der Waals surface area contributed by atoms with E-state index >= 15 is 0 Å². The predicted octanol–water partition coefficient (Wildman–Crippen LogP) is 19.6. The topological polar surface area (TPSA) is 27.7 Å². The van der Waals surface area contributed by atoms with Crippen molar-refractivity contribution in [3.05, 3.63) is 17.7 Å². The fourth-order valence-electron chi connectivity index (χ4n) is 8.49. The van der Waals surface area contributed by atoms with Crippen molar-refractivity contribution in [1.82, 2.24) is 0 Å². The van der Waals surface area contributed by atoms with Gasteiger partial charge in [-0.2, -0.15) is 0 Å². The van der Waals surface area contributed by atoms with Crippen LogP contribution in [-0.4, -0.2) is 19.8 Å². The van der Waals surface area contributed by atoms with Crippen LogP contribution in [0.15, 0.2) is 12.1 Å². The van der Waals surface area contributed by atoms with Crippen LogP contribution in [0.2, 0.25) is 0 Å². The van der Waals surface area contributed by atoms with Crippen LogP contribution < -0.4 is 14.2 Å². The van der Waals surface area contributed by atoms with Gasteiger partial charge in [-0.1, -0.05) is 271 Å². The fraction of sp³-hybridized carbons (Fsp3) is 0.891. The molecule has 0 saturated heterocycles. The van der Waals surface area contributed by atoms with Crippen molar-refractivity contribution in [2.24, 2.45) is 0 Å². The number of unbranched alkanes of at least 4 members (excludes halogenated alkanes) is 39. The molecule has 3 heteroatoms. The maximum absolute atomic E-state index is 6.53. The minimum absolute atomic E-state index is 0.742. The standard InChI is InChI=1S/C55H104O3/c1-5-8-11-14-17-20-23-26-29-32-35-38-41-44-47-56-53-50-52(4)51-54(57-48-45-42-39-36-33-30-27-24-21-18-15-12-9-6-2)55(53)58-49-46-43-40-37-34-31-28-25-22-19-16-13-10-7-3/h50-51H,5-49H2,1-4H3. The lowest BCUT2D eigenvalue weighted by molar-refractivity contribution is 0.234. The molecule has 58 heavy (non-hydrogen) atoms. The Morgan fingerprint density at radius 3 is 0.672 bits per heavy atom. The first-order valence-corrected chi connectivity index (χ1v) is 26.8. The van der Waals surface area contributed by atoms with E-state index in [9.17, 15) is 0 Å². The molecule has 0 aromatic heterocycles. The molecular formula is C55H104O3. The molecule has 0 aliphatic carbocycles. The van der Waals surface area contributed by atoms with E-state index in [-0.39, 0.29) is 0 Å². The van der Waals surface area contributed by atoms with Gasteiger partial charge in [0.15, 0.2) is 11.5 Å². The molecule has 0 spiro atoms. The lowest BCUT2D eigenvalue weighted by Gasteiger charge is -2.18. The lowest BCUT2D eigenvalue weighted by Crippen LogP contribution is -2.06. The van der Waals surface area contributed by atoms with Gasteiger partial charge in [0.1, 0.15) is 0 Å². The van der Waals surface area contributed by atoms with E-state index < -0.39 is 0 Å². The van der Waals surface area contributed by atoms with E-state index in [4.69, 9.17) is 14.2 Å². The SMILES string of the molecule is CCCCCCCCCCCCCCCCOc1cc(C)cc(OCCCCCCCCCCCCCCCC)c1OCCCCCCCCCCCCCCCC. The molecule has 1 aromatic carbocycles. The summed E-state index contributed by atoms with van der Waals surface area (Å²) in [5.41, 5.74) is 1.19. The Hall–Kier alpha value is -1.38. The molecule has 0 bridgehead atoms. The van der Waals surface area contributed by atoms with Crippen LogP contribution in [0.25, 0.3) is 0 Å². The summed E-state index contributed by atoms with van der Waals surface area (Å²) in [6.45, 7) is 11.3. The van der Waals surface area contributed by atoms with Crippen molar-refractivity contribution in [3.8, 4) is 17.2 Å². The Balaban J connectivity index is 2.38. The lowest BCUT2D eigenvalue weighted by atomic mass is 10.0. The van der Waals surface area contributed by atoms with Crippen molar-refractivity contribution >= 4 is 0 Å². The maximum Gasteiger partial charge on any atom is 0.203 e. The minimum atomic E-state index is 0.742. The summed E-state index contributed by atoms with van der Waals surface area (Å²) in [5.74, 6) is 2.61. The van der Waals surface area contributed by atoms with Crippen molar-refractivity contribution in [2.45, 2.75) is 297 Å². The Kier molecular flexibility index (Phi) is 42.5. The Labute approximate surface area is 365 Å². The average Bonchev–Trinajstić information content (AvgIpc) is 3.22. The van der Waals surface area contributed by atoms with Gasteiger partial charge in [0, 0.05) is 0 Å². The van der Waals surface area contributed by atoms with Crippen molar-refractivity contribution < 1.29 is 14.2 Å². The number of aryl methyl sites for hydroxylation is 1. The summed E-state index contributed by atoms with van der Waals surface area (Å²) in [5, 5.41) is 0. The highest BCUT2D eigenvalue weighted by molar-refractivity contribution is 5.53. The second-order valence-corrected chi connectivity index (χ2v) is 18.4. The highest BCUT2D eigenvalue weighted by Gasteiger charge is 2.15. The van der Waals surface area contributed by atoms with Crippen molar-refractivity contribution in [1.29, 1.82) is 0 Å². The zero-order valence-corrected chi connectivity index (χ0v) is 40.2. The van der Waals surface area contributed by atoms with Crippen LogP contribution in [0.1, 0.15) is 296 Å². The summed E-state index contributed by atoms with van der Waals surface area (Å²) in [4.78, 5) is 0. The molecule has 342 valence electrons. The molecule has 0 unspecified atom stereocenters. The molecule has 0 atom stereocenters. The maximum atomic E-state index is 6.53. The molecule has 0 amide bonds. The highest BCUT2D eigenvalue weighted by atomic mass is 16.5. The van der Waals surface area contributed by atoms with Gasteiger partial charge in [-0.05, 0) is 43.9 Å². The number of rotatable bonds is 48. The van der Waals surface area contributed by atoms with Gasteiger partial charge < -0.3 is 14.2 Å². The van der Waals surface area contributed by atoms with Gasteiger partial charge in [0.05, 0.1) is 19.8 Å². The van der Waals surface area contributed by atoms with Crippen molar-refractivity contribution in [2.75, 3.05) is 19.8 Å². The van der Waals surface area contributed by atoms with E-state index in [1.807, 2.05) is 0 Å². The third-order valence-electron chi connectivity index (χ3n) is 12.4. The predicted molar refractivity (Wildman–Crippen MR) is 259 cm³/mol. The summed E-state index contributed by atoms with van der Waals surface area (Å²) in [6, 6.07) is 4.34. The summed E-state index contributed by atoms with van der Waals surface area (Å²) >= 11 is 0. The van der Waals surface area contributed by atoms with Gasteiger partial charge >= 0.3 is 0 Å². The molecule has 1 aromatic rings. The molecule has 0 heterocycles. The van der Waals surface area contributed by atoms with Crippen LogP contribution in [0.5, 0.6) is 17.2 Å². The number of benzene rings is 1. The van der Waals surface area contributed by atoms with Crippen molar-refractivity contribution in [3.63, 3.8) is 0 Å². The largest absolute Gasteiger partial charge is 0.490 e. The normalized spacial score (nSPS) is 11.4. The van der Waals surface area contributed by atoms with Crippen LogP contribution in [0.3, 0.4) is 0 Å². The quantitative estimate of drug-likeness (QED) is 0.0614. The van der Waals surface area contributed by atoms with E-state index in [1.54, 1.807) is 0 Å². The first-order valence-electron chi connectivity index (χ1n) is 26.8. The first kappa shape index (κ1) is 54.6. The van der Waals surface area contributed by atoms with Gasteiger partial charge in [-0.15, -0.1) is 0 Å². The van der Waals surface area contributed by atoms with Gasteiger partial charge in [-0.3, -0.25) is 0 Å². The third-order valence-corrected chi connectivity index (χ3v) is 12.4. The minimum Gasteiger partial charge on any atom is -0.490 e. The van der Waals surface area contributed by atoms with Crippen LogP contribution in [-0.2, 0) is 0 Å². The molecule has 0 N–H and O–H groups in total. The second kappa shape index (κ2) is 45.2. The van der Waals surface area contributed by atoms with Crippen LogP contribution in [0.4, 0.5) is 0 Å². The fourth-order valence-corrected chi connectivity index (χ4v) is 8.49.